The van der Waals surface area contributed by atoms with E-state index in [-0.39, 0.29) is 48.0 Å². The Kier molecular flexibility index (Phi) is 5.00. The van der Waals surface area contributed by atoms with Gasteiger partial charge in [-0.05, 0) is 0 Å². The number of rotatable bonds is 12. The molecule has 17 nitrogen and oxygen atoms in total. The summed E-state index contributed by atoms with van der Waals surface area (Å²) in [6, 6.07) is 0. The molecule has 3 unspecified atom stereocenters. The fourth-order valence-electron chi connectivity index (χ4n) is 1.74. The van der Waals surface area contributed by atoms with Gasteiger partial charge < -0.3 is 35.1 Å². The molecule has 1 aliphatic rings. The van der Waals surface area contributed by atoms with Crippen molar-refractivity contribution in [2.75, 3.05) is 12.3 Å². The van der Waals surface area contributed by atoms with E-state index in [2.05, 4.69) is 43.0 Å². The molecule has 1 fully saturated rings. The number of nitrogens with zero attached hydrogens (tertiary/aromatic N) is 4. The molecule has 2 aromatic heterocycles. The molecule has 3 heterocycles. The summed E-state index contributed by atoms with van der Waals surface area (Å²) in [6.45, 7) is -4.56. The second kappa shape index (κ2) is 11.1. The van der Waals surface area contributed by atoms with E-state index >= 15 is 0 Å². The topological polar surface area (TPSA) is 265 Å². The second-order valence-electron chi connectivity index (χ2n) is 4.76. The Morgan fingerprint density at radius 3 is 2.84 bits per heavy atom. The average Bonchev–Trinajstić information content (AvgIpc) is 3.26. The van der Waals surface area contributed by atoms with Crippen LogP contribution in [-0.2, 0) is 31.6 Å². The summed E-state index contributed by atoms with van der Waals surface area (Å²) in [7, 11) is -19.1. The van der Waals surface area contributed by atoms with E-state index in [0.717, 1.165) is 0 Å². The molecular weight excluding hydrogens is 489 g/mol. The van der Waals surface area contributed by atoms with Gasteiger partial charge in [0.1, 0.15) is 26.8 Å². The van der Waals surface area contributed by atoms with Crippen LogP contribution in [0, 0.1) is 0 Å². The second-order valence-corrected chi connectivity index (χ2v) is 8.93. The molecule has 1 saturated heterocycles. The van der Waals surface area contributed by atoms with Gasteiger partial charge in [0.25, 0.3) is 15.6 Å². The number of phosphoric acid groups is 3. The molecule has 32 heavy (non-hydrogen) atoms. The first kappa shape index (κ1) is 14.4. The minimum Gasteiger partial charge on any atom is -0.756 e. The van der Waals surface area contributed by atoms with E-state index in [1.54, 1.807) is 0 Å². The maximum absolute atomic E-state index is 12.7. The van der Waals surface area contributed by atoms with Crippen LogP contribution in [0.2, 0.25) is 2.82 Å². The molecule has 0 radical (unpaired) electrons. The first-order valence-electron chi connectivity index (χ1n) is 13.4. The SMILES string of the molecule is [2H]O[C@@]1([2H])C([2H])([2H])[C@]([2H])(n2c([2H])nc3c(N([2H])[2H])nc([2H])nc32)O[C@]1([2H])C([2H])([2H])OP(=O)(O[2H])OP(=O)([O-])OP(=O)([O-])O[2H].[Li+].[Li+]. The fraction of sp³-hybridized carbons (Fsp3) is 0.500. The van der Waals surface area contributed by atoms with Gasteiger partial charge in [-0.15, -0.1) is 0 Å². The number of aromatic nitrogens is 4. The number of nitrogen functional groups attached to an aromatic ring is 1. The van der Waals surface area contributed by atoms with Crippen molar-refractivity contribution in [3.05, 3.63) is 12.6 Å². The van der Waals surface area contributed by atoms with Gasteiger partial charge in [0.05, 0.1) is 25.8 Å². The number of aliphatic hydroxyl groups is 1. The maximum atomic E-state index is 12.7. The number of hydrogen-bond donors (Lipinski definition) is 4. The summed E-state index contributed by atoms with van der Waals surface area (Å²) in [5.74, 6) is -0.813. The third-order valence-corrected chi connectivity index (χ3v) is 6.20. The van der Waals surface area contributed by atoms with Gasteiger partial charge in [-0.1, -0.05) is 0 Å². The number of anilines is 1. The van der Waals surface area contributed by atoms with Crippen molar-refractivity contribution < 1.29 is 109 Å². The van der Waals surface area contributed by atoms with Crippen LogP contribution in [-0.4, -0.2) is 57.4 Å². The normalized spacial score (nSPS) is 41.3. The number of phosphoric ester groups is 1. The Morgan fingerprint density at radius 2 is 2.19 bits per heavy atom. The summed E-state index contributed by atoms with van der Waals surface area (Å²) in [4.78, 5) is 39.8. The van der Waals surface area contributed by atoms with Crippen molar-refractivity contribution in [2.45, 2.75) is 24.7 Å². The van der Waals surface area contributed by atoms with Gasteiger partial charge in [0.15, 0.2) is 14.3 Å². The Morgan fingerprint density at radius 1 is 1.41 bits per heavy atom. The van der Waals surface area contributed by atoms with Crippen molar-refractivity contribution in [3.8, 4) is 0 Å². The van der Waals surface area contributed by atoms with Crippen LogP contribution in [0.25, 0.3) is 11.2 Å². The van der Waals surface area contributed by atoms with Gasteiger partial charge in [-0.3, -0.25) is 18.2 Å². The Hall–Kier alpha value is -0.125. The zero-order valence-corrected chi connectivity index (χ0v) is 18.2. The summed E-state index contributed by atoms with van der Waals surface area (Å²) in [6.07, 6.45) is -18.9. The zero-order chi connectivity index (χ0) is 34.1. The number of imidazole rings is 1. The minimum atomic E-state index is -6.59. The van der Waals surface area contributed by atoms with E-state index in [0.29, 0.717) is 0 Å². The molecule has 0 bridgehead atoms. The Labute approximate surface area is 223 Å². The number of fused-ring (bicyclic) bond motifs is 1. The van der Waals surface area contributed by atoms with Crippen molar-refractivity contribution in [3.63, 3.8) is 0 Å². The summed E-state index contributed by atoms with van der Waals surface area (Å²) in [5, 5.41) is 3.96. The molecule has 6 atom stereocenters. The zero-order valence-electron chi connectivity index (χ0n) is 29.5. The molecule has 0 saturated carbocycles. The summed E-state index contributed by atoms with van der Waals surface area (Å²) < 4.78 is 161. The van der Waals surface area contributed by atoms with Crippen LogP contribution in [0.3, 0.4) is 0 Å². The molecule has 0 aromatic carbocycles. The quantitative estimate of drug-likeness (QED) is 0.150. The number of hydrogen-bond acceptors (Lipinski definition) is 16. The molecule has 3 rings (SSSR count). The van der Waals surface area contributed by atoms with E-state index in [9.17, 15) is 23.5 Å². The predicted molar refractivity (Wildman–Crippen MR) is 89.6 cm³/mol. The van der Waals surface area contributed by atoms with E-state index in [1.807, 2.05) is 0 Å². The van der Waals surface area contributed by atoms with E-state index < -0.39 is 84.4 Å². The van der Waals surface area contributed by atoms with Gasteiger partial charge in [0, 0.05) is 9.11 Å². The first-order chi connectivity index (χ1) is 19.7. The smallest absolute Gasteiger partial charge is 0.756 e. The number of ether oxygens (including phenoxy) is 1. The van der Waals surface area contributed by atoms with Crippen molar-refractivity contribution in [1.29, 1.82) is 4.29 Å². The molecule has 5 N–H and O–H groups in total. The third kappa shape index (κ3) is 7.70. The molecule has 0 spiro atoms. The largest absolute Gasteiger partial charge is 1.00 e. The van der Waals surface area contributed by atoms with Crippen LogP contribution in [0.15, 0.2) is 12.6 Å². The Balaban J connectivity index is 0.00000529. The van der Waals surface area contributed by atoms with Gasteiger partial charge in [0.2, 0.25) is 4.29 Å². The van der Waals surface area contributed by atoms with E-state index in [4.69, 9.17) is 24.2 Å². The number of nitrogens with two attached hydrogens (primary N) is 1. The third-order valence-electron chi connectivity index (χ3n) is 2.69. The van der Waals surface area contributed by atoms with Crippen molar-refractivity contribution >= 4 is 40.4 Å². The van der Waals surface area contributed by atoms with Gasteiger partial charge >= 0.3 is 45.5 Å². The van der Waals surface area contributed by atoms with Crippen LogP contribution >= 0.6 is 23.5 Å². The van der Waals surface area contributed by atoms with Crippen LogP contribution in [0.5, 0.6) is 0 Å². The molecular formula is C10H14Li2N5O12P3. The predicted octanol–water partition coefficient (Wildman–Crippen LogP) is -7.86. The molecule has 0 aliphatic carbocycles. The molecule has 168 valence electrons. The molecule has 1 aliphatic heterocycles. The first-order valence-corrected chi connectivity index (χ1v) is 11.1. The molecule has 0 amide bonds. The summed E-state index contributed by atoms with van der Waals surface area (Å²) in [5.41, 5.74) is -1.90. The standard InChI is InChI=1S/C10H16N5O12P3.2Li/c11-9-8-10(13-3-12-9)15(4-14-8)7-1-5(16)6(25-7)2-24-29(20,21)27-30(22,23)26-28(17,18)19;;/h3-7,16H,1-2H2,(H,20,21)(H,22,23)(H2,11,12,13)(H2,17,18,19);;/q;2*+1/p-2/t5-,6+,7+;;/m0../s1/i1D2,2D2,3D,4D,5D,6D,7D,16D;;/hD4. The van der Waals surface area contributed by atoms with Crippen molar-refractivity contribution in [2.24, 2.45) is 0 Å². The Bertz CT molecular complexity index is 1620. The monoisotopic (exact) mass is 517 g/mol. The van der Waals surface area contributed by atoms with Gasteiger partial charge in [-0.25, -0.2) is 28.1 Å². The fourth-order valence-corrected chi connectivity index (χ4v) is 4.41. The molecule has 22 heteroatoms. The van der Waals surface area contributed by atoms with Crippen molar-refractivity contribution in [1.82, 2.24) is 19.5 Å². The van der Waals surface area contributed by atoms with Crippen LogP contribution < -0.4 is 53.2 Å². The molecule has 2 aromatic rings. The van der Waals surface area contributed by atoms with Crippen LogP contribution in [0.4, 0.5) is 5.82 Å². The van der Waals surface area contributed by atoms with E-state index in [1.165, 1.54) is 0 Å². The minimum absolute atomic E-state index is 0. The summed E-state index contributed by atoms with van der Waals surface area (Å²) >= 11 is 0. The maximum Gasteiger partial charge on any atom is 1.00 e. The average molecular weight is 517 g/mol. The van der Waals surface area contributed by atoms with Crippen LogP contribution in [0.1, 0.15) is 24.9 Å². The van der Waals surface area contributed by atoms with Gasteiger partial charge in [-0.2, -0.15) is 0 Å².